The van der Waals surface area contributed by atoms with E-state index in [2.05, 4.69) is 17.9 Å². The van der Waals surface area contributed by atoms with Crippen molar-refractivity contribution in [3.8, 4) is 6.07 Å². The van der Waals surface area contributed by atoms with E-state index in [4.69, 9.17) is 10.00 Å². The number of hydrogen-bond acceptors (Lipinski definition) is 4. The minimum Gasteiger partial charge on any atom is -0.389 e. The molecule has 1 aliphatic carbocycles. The summed E-state index contributed by atoms with van der Waals surface area (Å²) in [6.45, 7) is 4.19. The first kappa shape index (κ1) is 15.4. The van der Waals surface area contributed by atoms with Crippen LogP contribution in [-0.2, 0) is 4.74 Å². The molecule has 0 aliphatic heterocycles. The Balaban J connectivity index is 2.24. The molecule has 1 rings (SSSR count). The Bertz CT molecular complexity index is 247. The molecule has 0 aromatic heterocycles. The molecule has 104 valence electrons. The van der Waals surface area contributed by atoms with Gasteiger partial charge in [-0.2, -0.15) is 5.26 Å². The van der Waals surface area contributed by atoms with Gasteiger partial charge in [0.2, 0.25) is 0 Å². The molecule has 1 aliphatic rings. The van der Waals surface area contributed by atoms with Crippen molar-refractivity contribution >= 4 is 0 Å². The molecule has 0 spiro atoms. The summed E-state index contributed by atoms with van der Waals surface area (Å²) in [4.78, 5) is 2.11. The van der Waals surface area contributed by atoms with Gasteiger partial charge in [-0.25, -0.2) is 0 Å². The third kappa shape index (κ3) is 5.81. The summed E-state index contributed by atoms with van der Waals surface area (Å²) in [5.74, 6) is 0. The number of hydrogen-bond donors (Lipinski definition) is 1. The third-order valence-electron chi connectivity index (χ3n) is 3.51. The molecule has 0 bridgehead atoms. The van der Waals surface area contributed by atoms with Crippen molar-refractivity contribution in [3.63, 3.8) is 0 Å². The van der Waals surface area contributed by atoms with E-state index in [0.29, 0.717) is 25.7 Å². The molecule has 4 nitrogen and oxygen atoms in total. The molecule has 1 saturated carbocycles. The van der Waals surface area contributed by atoms with E-state index in [-0.39, 0.29) is 0 Å². The monoisotopic (exact) mass is 254 g/mol. The molecular weight excluding hydrogens is 228 g/mol. The SMILES string of the molecule is CCCCOCC(O)CN(CC#N)C1CCCC1. The highest BCUT2D eigenvalue weighted by atomic mass is 16.5. The minimum absolute atomic E-state index is 0.384. The third-order valence-corrected chi connectivity index (χ3v) is 3.51. The fourth-order valence-corrected chi connectivity index (χ4v) is 2.49. The summed E-state index contributed by atoms with van der Waals surface area (Å²) < 4.78 is 5.42. The summed E-state index contributed by atoms with van der Waals surface area (Å²) in [7, 11) is 0. The summed E-state index contributed by atoms with van der Waals surface area (Å²) >= 11 is 0. The average molecular weight is 254 g/mol. The first-order valence-corrected chi connectivity index (χ1v) is 7.14. The first-order chi connectivity index (χ1) is 8.77. The van der Waals surface area contributed by atoms with Gasteiger partial charge in [0.15, 0.2) is 0 Å². The quantitative estimate of drug-likeness (QED) is 0.504. The Hall–Kier alpha value is -0.630. The molecular formula is C14H26N2O2. The Morgan fingerprint density at radius 1 is 1.44 bits per heavy atom. The van der Waals surface area contributed by atoms with Gasteiger partial charge < -0.3 is 9.84 Å². The van der Waals surface area contributed by atoms with Crippen molar-refractivity contribution in [1.82, 2.24) is 4.90 Å². The zero-order chi connectivity index (χ0) is 13.2. The molecule has 1 N–H and O–H groups in total. The van der Waals surface area contributed by atoms with Crippen LogP contribution in [0.2, 0.25) is 0 Å². The van der Waals surface area contributed by atoms with Crippen molar-refractivity contribution < 1.29 is 9.84 Å². The van der Waals surface area contributed by atoms with Crippen LogP contribution in [-0.4, -0.2) is 48.5 Å². The average Bonchev–Trinajstić information content (AvgIpc) is 2.88. The lowest BCUT2D eigenvalue weighted by Gasteiger charge is -2.28. The highest BCUT2D eigenvalue weighted by molar-refractivity contribution is 4.85. The van der Waals surface area contributed by atoms with Gasteiger partial charge in [-0.15, -0.1) is 0 Å². The van der Waals surface area contributed by atoms with E-state index in [1.54, 1.807) is 0 Å². The van der Waals surface area contributed by atoms with E-state index >= 15 is 0 Å². The second-order valence-electron chi connectivity index (χ2n) is 5.11. The Kier molecular flexibility index (Phi) is 7.99. The smallest absolute Gasteiger partial charge is 0.0900 e. The van der Waals surface area contributed by atoms with Gasteiger partial charge in [-0.05, 0) is 19.3 Å². The minimum atomic E-state index is -0.476. The van der Waals surface area contributed by atoms with Crippen LogP contribution < -0.4 is 0 Å². The van der Waals surface area contributed by atoms with Gasteiger partial charge >= 0.3 is 0 Å². The van der Waals surface area contributed by atoms with Gasteiger partial charge in [0, 0.05) is 19.2 Å². The van der Waals surface area contributed by atoms with Gasteiger partial charge in [0.05, 0.1) is 25.3 Å². The topological polar surface area (TPSA) is 56.5 Å². The summed E-state index contributed by atoms with van der Waals surface area (Å²) in [5.41, 5.74) is 0. The summed E-state index contributed by atoms with van der Waals surface area (Å²) in [6, 6.07) is 2.68. The van der Waals surface area contributed by atoms with Crippen molar-refractivity contribution in [2.24, 2.45) is 0 Å². The zero-order valence-electron chi connectivity index (χ0n) is 11.5. The predicted octanol–water partition coefficient (Wildman–Crippen LogP) is 1.93. The molecule has 1 fully saturated rings. The predicted molar refractivity (Wildman–Crippen MR) is 71.2 cm³/mol. The number of ether oxygens (including phenoxy) is 1. The standard InChI is InChI=1S/C14H26N2O2/c1-2-3-10-18-12-14(17)11-16(9-8-15)13-6-4-5-7-13/h13-14,17H,2-7,9-12H2,1H3. The lowest BCUT2D eigenvalue weighted by atomic mass is 10.2. The van der Waals surface area contributed by atoms with Crippen LogP contribution >= 0.6 is 0 Å². The molecule has 18 heavy (non-hydrogen) atoms. The summed E-state index contributed by atoms with van der Waals surface area (Å²) in [5, 5.41) is 18.8. The van der Waals surface area contributed by atoms with Crippen LogP contribution in [0.4, 0.5) is 0 Å². The Morgan fingerprint density at radius 3 is 2.78 bits per heavy atom. The number of unbranched alkanes of at least 4 members (excludes halogenated alkanes) is 1. The van der Waals surface area contributed by atoms with E-state index in [9.17, 15) is 5.11 Å². The van der Waals surface area contributed by atoms with Crippen LogP contribution in [0.1, 0.15) is 45.4 Å². The van der Waals surface area contributed by atoms with Crippen LogP contribution in [0.3, 0.4) is 0 Å². The second kappa shape index (κ2) is 9.32. The number of aliphatic hydroxyl groups is 1. The van der Waals surface area contributed by atoms with Crippen molar-refractivity contribution in [2.75, 3.05) is 26.3 Å². The first-order valence-electron chi connectivity index (χ1n) is 7.14. The van der Waals surface area contributed by atoms with E-state index in [0.717, 1.165) is 32.3 Å². The molecule has 1 unspecified atom stereocenters. The second-order valence-corrected chi connectivity index (χ2v) is 5.11. The summed E-state index contributed by atoms with van der Waals surface area (Å²) in [6.07, 6.45) is 6.48. The van der Waals surface area contributed by atoms with Crippen LogP contribution in [0, 0.1) is 11.3 Å². The molecule has 0 heterocycles. The van der Waals surface area contributed by atoms with Gasteiger partial charge in [-0.1, -0.05) is 26.2 Å². The number of nitrogens with zero attached hydrogens (tertiary/aromatic N) is 2. The molecule has 0 saturated heterocycles. The van der Waals surface area contributed by atoms with Crippen LogP contribution in [0.25, 0.3) is 0 Å². The largest absolute Gasteiger partial charge is 0.389 e. The highest BCUT2D eigenvalue weighted by Gasteiger charge is 2.24. The van der Waals surface area contributed by atoms with Crippen molar-refractivity contribution in [3.05, 3.63) is 0 Å². The lowest BCUT2D eigenvalue weighted by Crippen LogP contribution is -2.41. The normalized spacial score (nSPS) is 18.1. The fraction of sp³-hybridized carbons (Fsp3) is 0.929. The van der Waals surface area contributed by atoms with Gasteiger partial charge in [0.25, 0.3) is 0 Å². The van der Waals surface area contributed by atoms with Crippen LogP contribution in [0.5, 0.6) is 0 Å². The zero-order valence-corrected chi connectivity index (χ0v) is 11.5. The number of rotatable bonds is 9. The Labute approximate surface area is 111 Å². The maximum absolute atomic E-state index is 9.93. The van der Waals surface area contributed by atoms with Gasteiger partial charge in [-0.3, -0.25) is 4.90 Å². The molecule has 1 atom stereocenters. The lowest BCUT2D eigenvalue weighted by molar-refractivity contribution is 0.0109. The molecule has 4 heteroatoms. The molecule has 0 aromatic carbocycles. The van der Waals surface area contributed by atoms with Gasteiger partial charge in [0.1, 0.15) is 0 Å². The number of nitriles is 1. The fourth-order valence-electron chi connectivity index (χ4n) is 2.49. The van der Waals surface area contributed by atoms with E-state index in [1.807, 2.05) is 0 Å². The number of aliphatic hydroxyl groups excluding tert-OH is 1. The van der Waals surface area contributed by atoms with Crippen LogP contribution in [0.15, 0.2) is 0 Å². The van der Waals surface area contributed by atoms with Crippen molar-refractivity contribution in [2.45, 2.75) is 57.6 Å². The van der Waals surface area contributed by atoms with E-state index < -0.39 is 6.10 Å². The maximum atomic E-state index is 9.93. The van der Waals surface area contributed by atoms with Crippen molar-refractivity contribution in [1.29, 1.82) is 5.26 Å². The Morgan fingerprint density at radius 2 is 2.17 bits per heavy atom. The molecule has 0 radical (unpaired) electrons. The molecule has 0 amide bonds. The molecule has 0 aromatic rings. The highest BCUT2D eigenvalue weighted by Crippen LogP contribution is 2.23. The van der Waals surface area contributed by atoms with E-state index in [1.165, 1.54) is 12.8 Å². The maximum Gasteiger partial charge on any atom is 0.0900 e.